The molecule has 2 heteroatoms. The molecule has 0 spiro atoms. The molecule has 0 bridgehead atoms. The second kappa shape index (κ2) is 8.83. The van der Waals surface area contributed by atoms with Crippen LogP contribution in [-0.2, 0) is 27.1 Å². The maximum absolute atomic E-state index is 4.43. The van der Waals surface area contributed by atoms with E-state index < -0.39 is 0 Å². The predicted molar refractivity (Wildman–Crippen MR) is 17.2 cm³/mol. The van der Waals surface area contributed by atoms with Crippen LogP contribution >= 0.6 is 0 Å². The number of hydrogen-bond acceptors (Lipinski definition) is 1. The average molecular weight is 256 g/mol. The fourth-order valence-electron chi connectivity index (χ4n) is 0. The van der Waals surface area contributed by atoms with Gasteiger partial charge in [-0.05, 0) is 6.92 Å². The van der Waals surface area contributed by atoms with Crippen molar-refractivity contribution in [2.45, 2.75) is 0 Å². The molecule has 2 radical (unpaired) electrons. The van der Waals surface area contributed by atoms with E-state index in [0.717, 1.165) is 0 Å². The summed E-state index contributed by atoms with van der Waals surface area (Å²) in [6.45, 7) is 3.95. The first kappa shape index (κ1) is 9.20. The van der Waals surface area contributed by atoms with E-state index in [4.69, 9.17) is 0 Å². The zero-order valence-electron chi connectivity index (χ0n) is 3.12. The van der Waals surface area contributed by atoms with E-state index in [0.29, 0.717) is 6.61 Å². The summed E-state index contributed by atoms with van der Waals surface area (Å²) in [5.41, 5.74) is 0. The van der Waals surface area contributed by atoms with Crippen LogP contribution in [0.25, 0.3) is 0 Å². The Balaban J connectivity index is 0. The summed E-state index contributed by atoms with van der Waals surface area (Å²) in [7, 11) is 1.62. The number of methoxy groups -OCH3 is 1. The molecule has 0 amide bonds. The Labute approximate surface area is 48.2 Å². The number of hydrogen-bond donors (Lipinski definition) is 0. The van der Waals surface area contributed by atoms with Gasteiger partial charge >= 0.3 is 0 Å². The van der Waals surface area contributed by atoms with Crippen molar-refractivity contribution in [1.29, 1.82) is 0 Å². The van der Waals surface area contributed by atoms with Crippen molar-refractivity contribution in [1.82, 2.24) is 0 Å². The molecular weight excluding hydrogens is 249 g/mol. The minimum Gasteiger partial charge on any atom is -0.385 e. The normalized spacial score (nSPS) is 6.00. The minimum absolute atomic E-state index is 0. The zero-order valence-corrected chi connectivity index (χ0v) is 5.29. The Morgan fingerprint density at radius 2 is 2.00 bits per heavy atom. The summed E-state index contributed by atoms with van der Waals surface area (Å²) >= 11 is 0. The van der Waals surface area contributed by atoms with Crippen LogP contribution < -0.4 is 0 Å². The molecule has 0 heterocycles. The van der Waals surface area contributed by atoms with Gasteiger partial charge in [0.05, 0.1) is 0 Å². The first-order chi connectivity index (χ1) is 1.91. The zero-order chi connectivity index (χ0) is 3.41. The van der Waals surface area contributed by atoms with Crippen LogP contribution in [0.3, 0.4) is 0 Å². The van der Waals surface area contributed by atoms with Gasteiger partial charge in [-0.15, -0.1) is 0 Å². The molecule has 0 N–H and O–H groups in total. The van der Waals surface area contributed by atoms with E-state index in [9.17, 15) is 0 Å². The third kappa shape index (κ3) is 11.9. The molecule has 0 fully saturated rings. The second-order valence-electron chi connectivity index (χ2n) is 0.493. The van der Waals surface area contributed by atoms with E-state index in [1.807, 2.05) is 0 Å². The average Bonchev–Trinajstić information content (AvgIpc) is 1.37. The van der Waals surface area contributed by atoms with E-state index in [1.54, 1.807) is 7.11 Å². The third-order valence-corrected chi connectivity index (χ3v) is 0.204. The van der Waals surface area contributed by atoms with E-state index in [2.05, 4.69) is 11.7 Å². The smallest absolute Gasteiger partial charge is 0.0463 e. The van der Waals surface area contributed by atoms with Crippen LogP contribution in [-0.4, -0.2) is 13.7 Å². The van der Waals surface area contributed by atoms with Gasteiger partial charge in [0, 0.05) is 36.1 Å². The van der Waals surface area contributed by atoms with Crippen LogP contribution in [0.1, 0.15) is 0 Å². The number of ether oxygens (including phenoxy) is 1. The molecule has 0 aliphatic carbocycles. The van der Waals surface area contributed by atoms with Gasteiger partial charge in [-0.25, -0.2) is 0 Å². The molecule has 0 rings (SSSR count). The van der Waals surface area contributed by atoms with Crippen molar-refractivity contribution in [3.63, 3.8) is 0 Å². The second-order valence-corrected chi connectivity index (χ2v) is 0.493. The van der Waals surface area contributed by atoms with Crippen LogP contribution in [0.2, 0.25) is 0 Å². The van der Waals surface area contributed by atoms with E-state index in [-0.39, 0.29) is 22.4 Å². The van der Waals surface area contributed by atoms with Gasteiger partial charge in [-0.1, -0.05) is 0 Å². The Morgan fingerprint density at radius 3 is 2.00 bits per heavy atom. The molecule has 0 aliphatic rings. The fraction of sp³-hybridized carbons (Fsp3) is 0.667. The van der Waals surface area contributed by atoms with Gasteiger partial charge < -0.3 is 4.74 Å². The molecule has 0 unspecified atom stereocenters. The molecule has 0 aromatic rings. The van der Waals surface area contributed by atoms with Crippen LogP contribution in [0.15, 0.2) is 0 Å². The third-order valence-electron chi connectivity index (χ3n) is 0.204. The van der Waals surface area contributed by atoms with Crippen molar-refractivity contribution >= 4 is 0 Å². The maximum Gasteiger partial charge on any atom is 0.0463 e. The van der Waals surface area contributed by atoms with Crippen LogP contribution in [0.5, 0.6) is 0 Å². The Bertz CT molecular complexity index is 8.85. The largest absolute Gasteiger partial charge is 0.385 e. The topological polar surface area (TPSA) is 9.23 Å². The molecule has 0 aromatic carbocycles. The van der Waals surface area contributed by atoms with E-state index in [1.165, 1.54) is 0 Å². The quantitative estimate of drug-likeness (QED) is 0.619. The molecule has 0 aromatic heterocycles. The Hall–Kier alpha value is 0.700. The molecule has 1 nitrogen and oxygen atoms in total. The van der Waals surface area contributed by atoms with Crippen molar-refractivity contribution in [3.8, 4) is 0 Å². The molecule has 36 valence electrons. The summed E-state index contributed by atoms with van der Waals surface area (Å²) in [5.74, 6) is 0. The first-order valence-corrected chi connectivity index (χ1v) is 1.20. The Morgan fingerprint density at radius 1 is 1.80 bits per heavy atom. The van der Waals surface area contributed by atoms with Gasteiger partial charge in [-0.2, -0.15) is 0 Å². The van der Waals surface area contributed by atoms with E-state index >= 15 is 0 Å². The summed E-state index contributed by atoms with van der Waals surface area (Å²) in [5, 5.41) is 0. The molecule has 5 heavy (non-hydrogen) atoms. The van der Waals surface area contributed by atoms with Crippen molar-refractivity contribution in [3.05, 3.63) is 6.92 Å². The maximum atomic E-state index is 4.43. The van der Waals surface area contributed by atoms with Crippen molar-refractivity contribution in [2.24, 2.45) is 0 Å². The fourth-order valence-corrected chi connectivity index (χ4v) is 0. The van der Waals surface area contributed by atoms with Gasteiger partial charge in [-0.3, -0.25) is 0 Å². The Kier molecular flexibility index (Phi) is 16.2. The predicted octanol–water partition coefficient (Wildman–Crippen LogP) is 0.464. The summed E-state index contributed by atoms with van der Waals surface area (Å²) in [6.07, 6.45) is 0. The van der Waals surface area contributed by atoms with Crippen molar-refractivity contribution in [2.75, 3.05) is 13.7 Å². The monoisotopic (exact) mass is 256 g/mol. The molecular formula is C3H7AuO. The molecule has 0 saturated heterocycles. The summed E-state index contributed by atoms with van der Waals surface area (Å²) < 4.78 is 4.43. The van der Waals surface area contributed by atoms with Gasteiger partial charge in [0.15, 0.2) is 0 Å². The molecule has 0 aliphatic heterocycles. The molecule has 0 saturated carbocycles. The van der Waals surface area contributed by atoms with Gasteiger partial charge in [0.1, 0.15) is 0 Å². The van der Waals surface area contributed by atoms with Crippen LogP contribution in [0, 0.1) is 6.92 Å². The minimum atomic E-state index is 0. The first-order valence-electron chi connectivity index (χ1n) is 1.20. The summed E-state index contributed by atoms with van der Waals surface area (Å²) in [6, 6.07) is 0. The van der Waals surface area contributed by atoms with Crippen molar-refractivity contribution < 1.29 is 27.1 Å². The molecule has 0 atom stereocenters. The van der Waals surface area contributed by atoms with Gasteiger partial charge in [0.25, 0.3) is 0 Å². The van der Waals surface area contributed by atoms with Gasteiger partial charge in [0.2, 0.25) is 0 Å². The summed E-state index contributed by atoms with van der Waals surface area (Å²) in [4.78, 5) is 0. The SMILES string of the molecule is [Au].[CH2]COC. The standard InChI is InChI=1S/C3H7O.Au/c1-3-4-2;/h1,3H2,2H3;. The van der Waals surface area contributed by atoms with Crippen LogP contribution in [0.4, 0.5) is 0 Å². The number of rotatable bonds is 1.